The first kappa shape index (κ1) is 11.9. The van der Waals surface area contributed by atoms with Gasteiger partial charge in [-0.15, -0.1) is 0 Å². The van der Waals surface area contributed by atoms with E-state index in [-0.39, 0.29) is 12.0 Å². The lowest BCUT2D eigenvalue weighted by atomic mass is 10.1. The highest BCUT2D eigenvalue weighted by Gasteiger charge is 2.43. The van der Waals surface area contributed by atoms with Crippen molar-refractivity contribution in [3.63, 3.8) is 0 Å². The van der Waals surface area contributed by atoms with Gasteiger partial charge in [0, 0.05) is 18.6 Å². The van der Waals surface area contributed by atoms with Gasteiger partial charge in [-0.05, 0) is 33.6 Å². The summed E-state index contributed by atoms with van der Waals surface area (Å²) >= 11 is 0. The molecule has 2 N–H and O–H groups in total. The summed E-state index contributed by atoms with van der Waals surface area (Å²) in [5, 5.41) is 9.02. The van der Waals surface area contributed by atoms with E-state index in [2.05, 4.69) is 4.72 Å². The summed E-state index contributed by atoms with van der Waals surface area (Å²) < 4.78 is 25.1. The molecule has 4 nitrogen and oxygen atoms in total. The largest absolute Gasteiger partial charge is 0.396 e. The molecule has 0 heterocycles. The maximum Gasteiger partial charge on any atom is 0.216 e. The lowest BCUT2D eigenvalue weighted by Crippen LogP contribution is -2.42. The molecule has 0 aliphatic heterocycles. The van der Waals surface area contributed by atoms with Crippen LogP contribution in [0.15, 0.2) is 0 Å². The smallest absolute Gasteiger partial charge is 0.216 e. The van der Waals surface area contributed by atoms with E-state index in [1.54, 1.807) is 20.8 Å². The van der Waals surface area contributed by atoms with Crippen molar-refractivity contribution in [1.82, 2.24) is 4.72 Å². The third kappa shape index (κ3) is 2.46. The van der Waals surface area contributed by atoms with Crippen LogP contribution in [-0.4, -0.2) is 31.4 Å². The van der Waals surface area contributed by atoms with Crippen molar-refractivity contribution in [2.24, 2.45) is 5.41 Å². The number of sulfonamides is 1. The Balaban J connectivity index is 2.54. The van der Waals surface area contributed by atoms with Crippen molar-refractivity contribution < 1.29 is 13.5 Å². The summed E-state index contributed by atoms with van der Waals surface area (Å²) in [6, 6.07) is 0. The minimum atomic E-state index is -3.26. The van der Waals surface area contributed by atoms with Crippen LogP contribution in [0.2, 0.25) is 0 Å². The molecule has 1 aliphatic carbocycles. The Morgan fingerprint density at radius 3 is 2.14 bits per heavy atom. The zero-order valence-corrected chi connectivity index (χ0v) is 9.82. The predicted octanol–water partition coefficient (Wildman–Crippen LogP) is 0.477. The van der Waals surface area contributed by atoms with Crippen LogP contribution in [0.1, 0.15) is 33.6 Å². The summed E-state index contributed by atoms with van der Waals surface area (Å²) in [5.41, 5.74) is -0.168. The zero-order valence-electron chi connectivity index (χ0n) is 9.00. The number of aliphatic hydroxyl groups is 1. The summed E-state index contributed by atoms with van der Waals surface area (Å²) in [7, 11) is -3.26. The first-order valence-corrected chi connectivity index (χ1v) is 6.31. The maximum atomic E-state index is 11.6. The molecule has 0 aromatic rings. The number of rotatable bonds is 4. The molecule has 0 unspecified atom stereocenters. The first-order valence-electron chi connectivity index (χ1n) is 4.83. The van der Waals surface area contributed by atoms with Crippen molar-refractivity contribution >= 4 is 10.0 Å². The second-order valence-corrected chi connectivity index (χ2v) is 7.62. The van der Waals surface area contributed by atoms with E-state index in [4.69, 9.17) is 5.11 Å². The van der Waals surface area contributed by atoms with E-state index in [1.807, 2.05) is 0 Å². The Hall–Kier alpha value is -0.130. The fourth-order valence-electron chi connectivity index (χ4n) is 1.03. The molecule has 84 valence electrons. The molecule has 0 atom stereocenters. The van der Waals surface area contributed by atoms with Crippen molar-refractivity contribution in [2.75, 3.05) is 13.2 Å². The molecule has 5 heteroatoms. The summed E-state index contributed by atoms with van der Waals surface area (Å²) in [6.45, 7) is 5.41. The van der Waals surface area contributed by atoms with Crippen LogP contribution >= 0.6 is 0 Å². The van der Waals surface area contributed by atoms with Gasteiger partial charge in [-0.25, -0.2) is 13.1 Å². The molecule has 14 heavy (non-hydrogen) atoms. The average Bonchev–Trinajstić information content (AvgIpc) is 2.80. The van der Waals surface area contributed by atoms with Crippen molar-refractivity contribution in [2.45, 2.75) is 38.4 Å². The third-order valence-electron chi connectivity index (χ3n) is 2.74. The second-order valence-electron chi connectivity index (χ2n) is 5.10. The number of hydrogen-bond donors (Lipinski definition) is 2. The minimum absolute atomic E-state index is 0.0691. The quantitative estimate of drug-likeness (QED) is 0.725. The van der Waals surface area contributed by atoms with Crippen molar-refractivity contribution in [3.05, 3.63) is 0 Å². The molecule has 0 amide bonds. The van der Waals surface area contributed by atoms with Crippen LogP contribution in [0.3, 0.4) is 0 Å². The lowest BCUT2D eigenvalue weighted by molar-refractivity contribution is 0.213. The molecule has 0 aromatic carbocycles. The fourth-order valence-corrected chi connectivity index (χ4v) is 1.96. The van der Waals surface area contributed by atoms with Crippen LogP contribution in [0.4, 0.5) is 0 Å². The van der Waals surface area contributed by atoms with Gasteiger partial charge in [0.1, 0.15) is 0 Å². The highest BCUT2D eigenvalue weighted by Crippen LogP contribution is 2.44. The number of aliphatic hydroxyl groups excluding tert-OH is 1. The first-order chi connectivity index (χ1) is 6.22. The molecule has 0 aromatic heterocycles. The topological polar surface area (TPSA) is 66.4 Å². The molecular weight excluding hydrogens is 202 g/mol. The van der Waals surface area contributed by atoms with E-state index in [0.29, 0.717) is 6.54 Å². The van der Waals surface area contributed by atoms with Crippen molar-refractivity contribution in [1.29, 1.82) is 0 Å². The van der Waals surface area contributed by atoms with Gasteiger partial charge in [0.15, 0.2) is 0 Å². The van der Waals surface area contributed by atoms with E-state index in [9.17, 15) is 8.42 Å². The summed E-state index contributed by atoms with van der Waals surface area (Å²) in [4.78, 5) is 0. The van der Waals surface area contributed by atoms with E-state index in [0.717, 1.165) is 12.8 Å². The van der Waals surface area contributed by atoms with Crippen LogP contribution in [0, 0.1) is 5.41 Å². The number of hydrogen-bond acceptors (Lipinski definition) is 3. The molecule has 0 spiro atoms. The Kier molecular flexibility index (Phi) is 2.96. The Morgan fingerprint density at radius 1 is 1.36 bits per heavy atom. The second kappa shape index (κ2) is 3.47. The van der Waals surface area contributed by atoms with Gasteiger partial charge in [0.05, 0.1) is 4.75 Å². The van der Waals surface area contributed by atoms with Crippen LogP contribution in [0.25, 0.3) is 0 Å². The van der Waals surface area contributed by atoms with Crippen LogP contribution in [-0.2, 0) is 10.0 Å². The molecule has 0 saturated heterocycles. The van der Waals surface area contributed by atoms with Gasteiger partial charge in [-0.1, -0.05) is 0 Å². The molecule has 0 radical (unpaired) electrons. The lowest BCUT2D eigenvalue weighted by Gasteiger charge is -2.21. The predicted molar refractivity (Wildman–Crippen MR) is 55.4 cm³/mol. The molecule has 1 fully saturated rings. The molecule has 1 rings (SSSR count). The van der Waals surface area contributed by atoms with Crippen LogP contribution in [0.5, 0.6) is 0 Å². The van der Waals surface area contributed by atoms with Crippen molar-refractivity contribution in [3.8, 4) is 0 Å². The molecular formula is C9H19NO3S. The van der Waals surface area contributed by atoms with Gasteiger partial charge in [-0.3, -0.25) is 0 Å². The zero-order chi connectivity index (χ0) is 11.0. The normalized spacial score (nSPS) is 20.9. The number of nitrogens with one attached hydrogen (secondary N) is 1. The molecule has 0 bridgehead atoms. The van der Waals surface area contributed by atoms with E-state index >= 15 is 0 Å². The SMILES string of the molecule is CC(C)(C)S(=O)(=O)NCC1(CO)CC1. The highest BCUT2D eigenvalue weighted by atomic mass is 32.2. The van der Waals surface area contributed by atoms with Gasteiger partial charge in [-0.2, -0.15) is 0 Å². The highest BCUT2D eigenvalue weighted by molar-refractivity contribution is 7.90. The van der Waals surface area contributed by atoms with Gasteiger partial charge in [0.25, 0.3) is 0 Å². The average molecular weight is 221 g/mol. The minimum Gasteiger partial charge on any atom is -0.396 e. The monoisotopic (exact) mass is 221 g/mol. The maximum absolute atomic E-state index is 11.6. The Morgan fingerprint density at radius 2 is 1.86 bits per heavy atom. The fraction of sp³-hybridized carbons (Fsp3) is 1.00. The van der Waals surface area contributed by atoms with Gasteiger partial charge < -0.3 is 5.11 Å². The summed E-state index contributed by atoms with van der Waals surface area (Å²) in [6.07, 6.45) is 1.83. The standard InChI is InChI=1S/C9H19NO3S/c1-8(2,3)14(12,13)10-6-9(7-11)4-5-9/h10-11H,4-7H2,1-3H3. The third-order valence-corrected chi connectivity index (χ3v) is 4.87. The Bertz CT molecular complexity index is 299. The molecule has 1 aliphatic rings. The van der Waals surface area contributed by atoms with E-state index in [1.165, 1.54) is 0 Å². The Labute approximate surface area is 85.8 Å². The van der Waals surface area contributed by atoms with E-state index < -0.39 is 14.8 Å². The van der Waals surface area contributed by atoms with Crippen LogP contribution < -0.4 is 4.72 Å². The van der Waals surface area contributed by atoms with Gasteiger partial charge >= 0.3 is 0 Å². The van der Waals surface area contributed by atoms with Gasteiger partial charge in [0.2, 0.25) is 10.0 Å². The summed E-state index contributed by atoms with van der Waals surface area (Å²) in [5.74, 6) is 0. The molecule has 1 saturated carbocycles.